The van der Waals surface area contributed by atoms with Crippen molar-refractivity contribution in [3.05, 3.63) is 65.7 Å². The average molecular weight is 277 g/mol. The minimum Gasteiger partial charge on any atom is -0.478 e. The van der Waals surface area contributed by atoms with Crippen LogP contribution in [0.4, 0.5) is 0 Å². The zero-order valence-corrected chi connectivity index (χ0v) is 11.6. The number of carboxylic acids is 1. The Morgan fingerprint density at radius 3 is 2.57 bits per heavy atom. The van der Waals surface area contributed by atoms with Gasteiger partial charge in [-0.25, -0.2) is 4.79 Å². The van der Waals surface area contributed by atoms with Crippen molar-refractivity contribution in [1.29, 1.82) is 0 Å². The summed E-state index contributed by atoms with van der Waals surface area (Å²) in [4.78, 5) is 13.9. The fourth-order valence-electron chi connectivity index (χ4n) is 2.31. The smallest absolute Gasteiger partial charge is 0.328 e. The lowest BCUT2D eigenvalue weighted by molar-refractivity contribution is -0.131. The topological polar surface area (TPSA) is 53.1 Å². The number of hydrogen-bond acceptors (Lipinski definition) is 1. The molecule has 104 valence electrons. The van der Waals surface area contributed by atoms with Gasteiger partial charge in [-0.05, 0) is 42.3 Å². The molecule has 0 aliphatic rings. The molecular weight excluding hydrogens is 262 g/mol. The van der Waals surface area contributed by atoms with E-state index in [-0.39, 0.29) is 0 Å². The Kier molecular flexibility index (Phi) is 3.32. The largest absolute Gasteiger partial charge is 0.478 e. The molecular formula is C18H15NO2. The van der Waals surface area contributed by atoms with Crippen molar-refractivity contribution < 1.29 is 9.90 Å². The third-order valence-electron chi connectivity index (χ3n) is 3.43. The molecule has 0 bridgehead atoms. The van der Waals surface area contributed by atoms with Gasteiger partial charge in [-0.3, -0.25) is 0 Å². The molecule has 0 spiro atoms. The number of aryl methyl sites for hydroxylation is 1. The summed E-state index contributed by atoms with van der Waals surface area (Å²) in [5, 5.41) is 9.74. The van der Waals surface area contributed by atoms with Crippen molar-refractivity contribution in [3.63, 3.8) is 0 Å². The van der Waals surface area contributed by atoms with Gasteiger partial charge in [0.15, 0.2) is 0 Å². The molecule has 2 N–H and O–H groups in total. The van der Waals surface area contributed by atoms with Crippen LogP contribution in [0.1, 0.15) is 11.1 Å². The van der Waals surface area contributed by atoms with Gasteiger partial charge in [0.25, 0.3) is 0 Å². The van der Waals surface area contributed by atoms with Crippen molar-refractivity contribution in [3.8, 4) is 11.3 Å². The van der Waals surface area contributed by atoms with Crippen molar-refractivity contribution in [2.24, 2.45) is 0 Å². The normalized spacial score (nSPS) is 11.3. The molecule has 0 unspecified atom stereocenters. The number of H-pyrrole nitrogens is 1. The quantitative estimate of drug-likeness (QED) is 0.703. The lowest BCUT2D eigenvalue weighted by Crippen LogP contribution is -1.85. The summed E-state index contributed by atoms with van der Waals surface area (Å²) in [7, 11) is 0. The first-order valence-corrected chi connectivity index (χ1v) is 6.73. The molecule has 0 aliphatic heterocycles. The molecule has 1 heterocycles. The molecule has 3 rings (SSSR count). The lowest BCUT2D eigenvalue weighted by atomic mass is 10.1. The van der Waals surface area contributed by atoms with Crippen LogP contribution in [0.25, 0.3) is 28.2 Å². The Hall–Kier alpha value is -2.81. The number of hydrogen-bond donors (Lipinski definition) is 2. The molecule has 0 atom stereocenters. The summed E-state index contributed by atoms with van der Waals surface area (Å²) < 4.78 is 0. The highest BCUT2D eigenvalue weighted by Gasteiger charge is 2.03. The van der Waals surface area contributed by atoms with E-state index in [9.17, 15) is 4.79 Å². The Labute approximate surface area is 122 Å². The minimum absolute atomic E-state index is 0.874. The monoisotopic (exact) mass is 277 g/mol. The molecule has 1 aromatic heterocycles. The van der Waals surface area contributed by atoms with E-state index >= 15 is 0 Å². The molecule has 2 aromatic carbocycles. The molecule has 21 heavy (non-hydrogen) atoms. The summed E-state index contributed by atoms with van der Waals surface area (Å²) in [5.41, 5.74) is 5.34. The highest BCUT2D eigenvalue weighted by Crippen LogP contribution is 2.25. The first-order chi connectivity index (χ1) is 10.1. The van der Waals surface area contributed by atoms with Gasteiger partial charge in [0.2, 0.25) is 0 Å². The minimum atomic E-state index is -0.940. The van der Waals surface area contributed by atoms with E-state index in [1.165, 1.54) is 5.56 Å². The van der Waals surface area contributed by atoms with E-state index in [4.69, 9.17) is 5.11 Å². The SMILES string of the molecule is Cc1ccc(-c2cc3cc(/C=C/C(=O)O)ccc3[nH]2)cc1. The number of benzene rings is 2. The van der Waals surface area contributed by atoms with Gasteiger partial charge in [-0.15, -0.1) is 0 Å². The standard InChI is InChI=1S/C18H15NO2/c1-12-2-6-14(7-3-12)17-11-15-10-13(5-9-18(20)21)4-8-16(15)19-17/h2-11,19H,1H3,(H,20,21)/b9-5+. The number of aromatic amines is 1. The lowest BCUT2D eigenvalue weighted by Gasteiger charge is -1.97. The maximum atomic E-state index is 10.6. The summed E-state index contributed by atoms with van der Waals surface area (Å²) in [5.74, 6) is -0.940. The fraction of sp³-hybridized carbons (Fsp3) is 0.0556. The van der Waals surface area contributed by atoms with Gasteiger partial charge in [0.05, 0.1) is 0 Å². The third kappa shape index (κ3) is 2.87. The molecule has 0 amide bonds. The van der Waals surface area contributed by atoms with Gasteiger partial charge in [0, 0.05) is 22.7 Å². The van der Waals surface area contributed by atoms with Crippen LogP contribution in [-0.2, 0) is 4.79 Å². The second kappa shape index (κ2) is 5.29. The number of carboxylic acid groups (broad SMARTS) is 1. The molecule has 0 saturated heterocycles. The Morgan fingerprint density at radius 1 is 1.10 bits per heavy atom. The van der Waals surface area contributed by atoms with Crippen molar-refractivity contribution in [2.45, 2.75) is 6.92 Å². The molecule has 0 fully saturated rings. The average Bonchev–Trinajstić information content (AvgIpc) is 2.88. The van der Waals surface area contributed by atoms with Crippen LogP contribution < -0.4 is 0 Å². The molecule has 0 saturated carbocycles. The molecule has 0 radical (unpaired) electrons. The second-order valence-corrected chi connectivity index (χ2v) is 5.07. The van der Waals surface area contributed by atoms with Crippen LogP contribution >= 0.6 is 0 Å². The molecule has 0 aliphatic carbocycles. The van der Waals surface area contributed by atoms with Gasteiger partial charge in [-0.1, -0.05) is 35.9 Å². The van der Waals surface area contributed by atoms with Crippen molar-refractivity contribution in [2.75, 3.05) is 0 Å². The summed E-state index contributed by atoms with van der Waals surface area (Å²) in [6.07, 6.45) is 2.75. The van der Waals surface area contributed by atoms with E-state index in [1.807, 2.05) is 18.2 Å². The van der Waals surface area contributed by atoms with Gasteiger partial charge in [-0.2, -0.15) is 0 Å². The first kappa shape index (κ1) is 13.2. The number of fused-ring (bicyclic) bond motifs is 1. The fourth-order valence-corrected chi connectivity index (χ4v) is 2.31. The van der Waals surface area contributed by atoms with Crippen LogP contribution in [0.2, 0.25) is 0 Å². The number of nitrogens with one attached hydrogen (secondary N) is 1. The van der Waals surface area contributed by atoms with Crippen LogP contribution in [0.5, 0.6) is 0 Å². The maximum absolute atomic E-state index is 10.6. The van der Waals surface area contributed by atoms with Gasteiger partial charge < -0.3 is 10.1 Å². The molecule has 3 heteroatoms. The van der Waals surface area contributed by atoms with E-state index in [0.717, 1.165) is 33.8 Å². The summed E-state index contributed by atoms with van der Waals surface area (Å²) in [6, 6.07) is 16.3. The third-order valence-corrected chi connectivity index (χ3v) is 3.43. The van der Waals surface area contributed by atoms with E-state index in [0.29, 0.717) is 0 Å². The van der Waals surface area contributed by atoms with Crippen molar-refractivity contribution >= 4 is 22.9 Å². The predicted molar refractivity (Wildman–Crippen MR) is 85.1 cm³/mol. The van der Waals surface area contributed by atoms with Crippen LogP contribution in [0, 0.1) is 6.92 Å². The first-order valence-electron chi connectivity index (χ1n) is 6.73. The van der Waals surface area contributed by atoms with Crippen molar-refractivity contribution in [1.82, 2.24) is 4.98 Å². The van der Waals surface area contributed by atoms with Crippen LogP contribution in [0.3, 0.4) is 0 Å². The highest BCUT2D eigenvalue weighted by molar-refractivity contribution is 5.90. The molecule has 3 nitrogen and oxygen atoms in total. The maximum Gasteiger partial charge on any atom is 0.328 e. The number of rotatable bonds is 3. The molecule has 3 aromatic rings. The van der Waals surface area contributed by atoms with Crippen LogP contribution in [-0.4, -0.2) is 16.1 Å². The predicted octanol–water partition coefficient (Wildman–Crippen LogP) is 4.24. The zero-order valence-electron chi connectivity index (χ0n) is 11.6. The number of carbonyl (C=O) groups is 1. The van der Waals surface area contributed by atoms with Gasteiger partial charge >= 0.3 is 5.97 Å². The summed E-state index contributed by atoms with van der Waals surface area (Å²) in [6.45, 7) is 2.07. The summed E-state index contributed by atoms with van der Waals surface area (Å²) >= 11 is 0. The Bertz CT molecular complexity index is 826. The highest BCUT2D eigenvalue weighted by atomic mass is 16.4. The number of aliphatic carboxylic acids is 1. The zero-order chi connectivity index (χ0) is 14.8. The van der Waals surface area contributed by atoms with Crippen LogP contribution in [0.15, 0.2) is 54.6 Å². The van der Waals surface area contributed by atoms with E-state index < -0.39 is 5.97 Å². The Morgan fingerprint density at radius 2 is 1.86 bits per heavy atom. The Balaban J connectivity index is 2.00. The van der Waals surface area contributed by atoms with E-state index in [2.05, 4.69) is 42.2 Å². The van der Waals surface area contributed by atoms with E-state index in [1.54, 1.807) is 6.08 Å². The number of aromatic nitrogens is 1. The second-order valence-electron chi connectivity index (χ2n) is 5.07. The van der Waals surface area contributed by atoms with Gasteiger partial charge in [0.1, 0.15) is 0 Å².